The molecule has 0 bridgehead atoms. The molecule has 5 nitrogen and oxygen atoms in total. The molecule has 0 unspecified atom stereocenters. The number of quaternary nitrogens is 1. The van der Waals surface area contributed by atoms with Crippen molar-refractivity contribution in [2.24, 2.45) is 5.92 Å². The van der Waals surface area contributed by atoms with Crippen molar-refractivity contribution in [3.63, 3.8) is 0 Å². The number of carbonyl (C=O) groups excluding carboxylic acids is 1. The van der Waals surface area contributed by atoms with Crippen LogP contribution in [0.2, 0.25) is 0 Å². The first kappa shape index (κ1) is 10.7. The van der Waals surface area contributed by atoms with Gasteiger partial charge in [-0.3, -0.25) is 4.79 Å². The van der Waals surface area contributed by atoms with Gasteiger partial charge in [0.2, 0.25) is 0 Å². The van der Waals surface area contributed by atoms with Crippen LogP contribution in [0.1, 0.15) is 6.42 Å². The molecule has 2 rings (SSSR count). The van der Waals surface area contributed by atoms with Crippen molar-refractivity contribution in [1.29, 1.82) is 0 Å². The minimum absolute atomic E-state index is 0. The van der Waals surface area contributed by atoms with Gasteiger partial charge < -0.3 is 33.1 Å². The van der Waals surface area contributed by atoms with Crippen LogP contribution >= 0.6 is 0 Å². The Bertz CT molecular complexity index is 205. The zero-order chi connectivity index (χ0) is 8.88. The standard InChI is InChI=1S/C7H11NO4.ClH/c8-4-5(10)2-1-3(9)12-7(2)6(4)11;/h2,4-7,10-11H,1,8H2;1H/t2-,4+,5-,6-,7-;/m1./s1. The van der Waals surface area contributed by atoms with Gasteiger partial charge in [0, 0.05) is 5.92 Å². The molecule has 1 aliphatic carbocycles. The van der Waals surface area contributed by atoms with Gasteiger partial charge >= 0.3 is 5.97 Å². The molecule has 1 saturated heterocycles. The summed E-state index contributed by atoms with van der Waals surface area (Å²) in [6.45, 7) is 0. The maximum Gasteiger partial charge on any atom is 0.306 e. The highest BCUT2D eigenvalue weighted by Gasteiger charge is 2.56. The number of carbonyl (C=O) groups is 1. The third-order valence-corrected chi connectivity index (χ3v) is 2.74. The average Bonchev–Trinajstić information content (AvgIpc) is 2.49. The van der Waals surface area contributed by atoms with E-state index in [2.05, 4.69) is 5.73 Å². The van der Waals surface area contributed by atoms with E-state index in [1.165, 1.54) is 0 Å². The number of aliphatic hydroxyl groups excluding tert-OH is 2. The number of ether oxygens (including phenoxy) is 1. The normalized spacial score (nSPS) is 48.2. The molecule has 0 radical (unpaired) electrons. The van der Waals surface area contributed by atoms with E-state index in [-0.39, 0.29) is 30.7 Å². The van der Waals surface area contributed by atoms with Gasteiger partial charge in [0.05, 0.1) is 6.42 Å². The lowest BCUT2D eigenvalue weighted by molar-refractivity contribution is -0.449. The number of fused-ring (bicyclic) bond motifs is 1. The summed E-state index contributed by atoms with van der Waals surface area (Å²) in [5.41, 5.74) is 3.62. The molecule has 0 spiro atoms. The van der Waals surface area contributed by atoms with Crippen molar-refractivity contribution in [3.8, 4) is 0 Å². The molecule has 1 aliphatic heterocycles. The lowest BCUT2D eigenvalue weighted by Crippen LogP contribution is -3.00. The van der Waals surface area contributed by atoms with Crippen LogP contribution in [0.25, 0.3) is 0 Å². The summed E-state index contributed by atoms with van der Waals surface area (Å²) in [5.74, 6) is -0.593. The van der Waals surface area contributed by atoms with E-state index in [4.69, 9.17) is 4.74 Å². The van der Waals surface area contributed by atoms with Gasteiger partial charge in [-0.05, 0) is 0 Å². The van der Waals surface area contributed by atoms with Crippen molar-refractivity contribution in [3.05, 3.63) is 0 Å². The molecule has 1 heterocycles. The van der Waals surface area contributed by atoms with Gasteiger partial charge in [-0.1, -0.05) is 0 Å². The zero-order valence-electron chi connectivity index (χ0n) is 6.89. The summed E-state index contributed by atoms with van der Waals surface area (Å²) in [6, 6.07) is -0.437. The van der Waals surface area contributed by atoms with Crippen LogP contribution in [0.4, 0.5) is 0 Å². The fourth-order valence-corrected chi connectivity index (χ4v) is 2.00. The molecule has 76 valence electrons. The Kier molecular flexibility index (Phi) is 2.82. The summed E-state index contributed by atoms with van der Waals surface area (Å²) in [4.78, 5) is 10.8. The topological polar surface area (TPSA) is 94.4 Å². The van der Waals surface area contributed by atoms with E-state index in [0.29, 0.717) is 0 Å². The zero-order valence-corrected chi connectivity index (χ0v) is 7.65. The first-order chi connectivity index (χ1) is 5.61. The van der Waals surface area contributed by atoms with Gasteiger partial charge in [0.1, 0.15) is 24.4 Å². The highest BCUT2D eigenvalue weighted by atomic mass is 35.5. The average molecular weight is 210 g/mol. The van der Waals surface area contributed by atoms with Crippen molar-refractivity contribution in [2.45, 2.75) is 30.8 Å². The van der Waals surface area contributed by atoms with Gasteiger partial charge in [-0.15, -0.1) is 0 Å². The first-order valence-corrected chi connectivity index (χ1v) is 4.00. The Morgan fingerprint density at radius 3 is 2.54 bits per heavy atom. The van der Waals surface area contributed by atoms with Crippen molar-refractivity contribution in [1.82, 2.24) is 0 Å². The maximum atomic E-state index is 10.8. The molecule has 0 amide bonds. The molecule has 2 fully saturated rings. The van der Waals surface area contributed by atoms with E-state index < -0.39 is 24.4 Å². The molecule has 0 aromatic heterocycles. The predicted molar refractivity (Wildman–Crippen MR) is 36.7 cm³/mol. The molecule has 0 aromatic carbocycles. The van der Waals surface area contributed by atoms with E-state index in [9.17, 15) is 15.0 Å². The minimum atomic E-state index is -0.809. The Morgan fingerprint density at radius 2 is 2.00 bits per heavy atom. The maximum absolute atomic E-state index is 10.8. The molecule has 5 N–H and O–H groups in total. The van der Waals surface area contributed by atoms with Crippen molar-refractivity contribution < 1.29 is 37.9 Å². The Hall–Kier alpha value is -0.360. The lowest BCUT2D eigenvalue weighted by atomic mass is 10.0. The van der Waals surface area contributed by atoms with E-state index in [1.807, 2.05) is 0 Å². The molecule has 2 aliphatic rings. The molecule has 1 saturated carbocycles. The lowest BCUT2D eigenvalue weighted by Gasteiger charge is -2.11. The number of aliphatic hydroxyl groups is 2. The van der Waals surface area contributed by atoms with Crippen LogP contribution in [-0.2, 0) is 9.53 Å². The molecular weight excluding hydrogens is 198 g/mol. The first-order valence-electron chi connectivity index (χ1n) is 4.00. The second-order valence-corrected chi connectivity index (χ2v) is 3.47. The summed E-state index contributed by atoms with van der Waals surface area (Å²) in [7, 11) is 0. The highest BCUT2D eigenvalue weighted by Crippen LogP contribution is 2.35. The van der Waals surface area contributed by atoms with Crippen molar-refractivity contribution in [2.75, 3.05) is 0 Å². The number of halogens is 1. The summed E-state index contributed by atoms with van der Waals surface area (Å²) in [5, 5.41) is 19.0. The largest absolute Gasteiger partial charge is 1.00 e. The van der Waals surface area contributed by atoms with Crippen LogP contribution < -0.4 is 18.1 Å². The van der Waals surface area contributed by atoms with Gasteiger partial charge in [-0.2, -0.15) is 0 Å². The number of hydrogen-bond donors (Lipinski definition) is 3. The van der Waals surface area contributed by atoms with Crippen LogP contribution in [0.15, 0.2) is 0 Å². The molecule has 5 atom stereocenters. The van der Waals surface area contributed by atoms with Crippen LogP contribution in [0.5, 0.6) is 0 Å². The van der Waals surface area contributed by atoms with Crippen molar-refractivity contribution >= 4 is 5.97 Å². The number of hydrogen-bond acceptors (Lipinski definition) is 4. The molecule has 0 aromatic rings. The quantitative estimate of drug-likeness (QED) is 0.347. The predicted octanol–water partition coefficient (Wildman–Crippen LogP) is -5.73. The third-order valence-electron chi connectivity index (χ3n) is 2.74. The summed E-state index contributed by atoms with van der Waals surface area (Å²) in [6.07, 6.45) is -1.85. The number of esters is 1. The number of rotatable bonds is 0. The Morgan fingerprint density at radius 1 is 1.38 bits per heavy atom. The molecule has 13 heavy (non-hydrogen) atoms. The SMILES string of the molecule is [Cl-].[NH3+][C@@H]1[C@@H](O)[C@@H]2OC(=O)C[C@@H]2[C@H]1O. The fourth-order valence-electron chi connectivity index (χ4n) is 2.00. The van der Waals surface area contributed by atoms with Crippen LogP contribution in [0, 0.1) is 5.92 Å². The Balaban J connectivity index is 0.000000845. The van der Waals surface area contributed by atoms with Crippen LogP contribution in [-0.4, -0.2) is 40.5 Å². The molecular formula is C7H12ClNO4. The van der Waals surface area contributed by atoms with E-state index in [1.54, 1.807) is 0 Å². The van der Waals surface area contributed by atoms with E-state index in [0.717, 1.165) is 0 Å². The monoisotopic (exact) mass is 209 g/mol. The molecule has 6 heteroatoms. The van der Waals surface area contributed by atoms with Gasteiger partial charge in [0.25, 0.3) is 0 Å². The minimum Gasteiger partial charge on any atom is -1.00 e. The van der Waals surface area contributed by atoms with Gasteiger partial charge in [-0.25, -0.2) is 0 Å². The third kappa shape index (κ3) is 1.42. The van der Waals surface area contributed by atoms with E-state index >= 15 is 0 Å². The van der Waals surface area contributed by atoms with Gasteiger partial charge in [0.15, 0.2) is 0 Å². The highest BCUT2D eigenvalue weighted by molar-refractivity contribution is 5.72. The van der Waals surface area contributed by atoms with Crippen LogP contribution in [0.3, 0.4) is 0 Å². The Labute approximate surface area is 81.3 Å². The summed E-state index contributed by atoms with van der Waals surface area (Å²) < 4.78 is 4.85. The summed E-state index contributed by atoms with van der Waals surface area (Å²) >= 11 is 0. The smallest absolute Gasteiger partial charge is 0.306 e. The fraction of sp³-hybridized carbons (Fsp3) is 0.857. The second-order valence-electron chi connectivity index (χ2n) is 3.47. The second kappa shape index (κ2) is 3.42.